The number of hydrogen-bond acceptors (Lipinski definition) is 5. The van der Waals surface area contributed by atoms with E-state index in [0.29, 0.717) is 17.1 Å². The first-order valence-corrected chi connectivity index (χ1v) is 11.4. The lowest BCUT2D eigenvalue weighted by atomic mass is 9.90. The Morgan fingerprint density at radius 2 is 1.94 bits per heavy atom. The minimum Gasteiger partial charge on any atom is -0.302 e. The molecule has 0 aliphatic heterocycles. The standard InChI is InChI=1S/C24H22N4O2S/c29-22-14-25-28(21-8-4-3-7-19(21)22)12-11-23(30)27-24-26-20(15-31-24)18-10-9-16-5-1-2-6-17(16)13-18/h3-4,7-10,13-15H,1-2,5-6,11-12H2,(H,26,27,30). The van der Waals surface area contributed by atoms with Gasteiger partial charge in [-0.3, -0.25) is 14.3 Å². The molecule has 0 atom stereocenters. The summed E-state index contributed by atoms with van der Waals surface area (Å²) in [6.07, 6.45) is 6.34. The molecule has 0 unspecified atom stereocenters. The summed E-state index contributed by atoms with van der Waals surface area (Å²) in [7, 11) is 0. The van der Waals surface area contributed by atoms with E-state index in [1.807, 2.05) is 23.6 Å². The molecule has 0 radical (unpaired) electrons. The highest BCUT2D eigenvalue weighted by Gasteiger charge is 2.13. The number of hydrogen-bond donors (Lipinski definition) is 1. The van der Waals surface area contributed by atoms with E-state index in [1.54, 1.807) is 10.7 Å². The summed E-state index contributed by atoms with van der Waals surface area (Å²) in [5.41, 5.74) is 5.47. The summed E-state index contributed by atoms with van der Waals surface area (Å²) in [6, 6.07) is 13.9. The van der Waals surface area contributed by atoms with Gasteiger partial charge in [-0.25, -0.2) is 4.98 Å². The molecule has 2 heterocycles. The summed E-state index contributed by atoms with van der Waals surface area (Å²) in [6.45, 7) is 0.385. The molecule has 0 bridgehead atoms. The molecule has 2 aromatic heterocycles. The second kappa shape index (κ2) is 8.43. The van der Waals surface area contributed by atoms with Crippen molar-refractivity contribution in [1.82, 2.24) is 14.8 Å². The SMILES string of the molecule is O=C(CCn1ncc(=O)c2ccccc21)Nc1nc(-c2ccc3c(c2)CCCC3)cs1. The van der Waals surface area contributed by atoms with Crippen LogP contribution in [-0.4, -0.2) is 20.7 Å². The maximum Gasteiger partial charge on any atom is 0.228 e. The minimum absolute atomic E-state index is 0.117. The molecule has 1 N–H and O–H groups in total. The minimum atomic E-state index is -0.129. The van der Waals surface area contributed by atoms with Gasteiger partial charge in [0.1, 0.15) is 0 Å². The van der Waals surface area contributed by atoms with Crippen LogP contribution in [0.1, 0.15) is 30.4 Å². The Kier molecular flexibility index (Phi) is 5.34. The summed E-state index contributed by atoms with van der Waals surface area (Å²) in [5.74, 6) is -0.129. The number of aromatic nitrogens is 3. The van der Waals surface area contributed by atoms with Gasteiger partial charge in [0.2, 0.25) is 11.3 Å². The van der Waals surface area contributed by atoms with Crippen molar-refractivity contribution in [3.8, 4) is 11.3 Å². The molecule has 0 fully saturated rings. The second-order valence-corrected chi connectivity index (χ2v) is 8.63. The topological polar surface area (TPSA) is 76.9 Å². The Labute approximate surface area is 183 Å². The van der Waals surface area contributed by atoms with Crippen molar-refractivity contribution < 1.29 is 4.79 Å². The van der Waals surface area contributed by atoms with E-state index in [1.165, 1.54) is 41.5 Å². The molecule has 31 heavy (non-hydrogen) atoms. The number of nitrogens with zero attached hydrogens (tertiary/aromatic N) is 3. The van der Waals surface area contributed by atoms with E-state index in [-0.39, 0.29) is 17.8 Å². The van der Waals surface area contributed by atoms with E-state index < -0.39 is 0 Å². The quantitative estimate of drug-likeness (QED) is 0.508. The fourth-order valence-corrected chi connectivity index (χ4v) is 4.82. The van der Waals surface area contributed by atoms with E-state index in [0.717, 1.165) is 29.6 Å². The van der Waals surface area contributed by atoms with E-state index in [9.17, 15) is 9.59 Å². The fourth-order valence-electron chi connectivity index (χ4n) is 4.08. The summed E-state index contributed by atoms with van der Waals surface area (Å²) in [5, 5.41) is 10.2. The highest BCUT2D eigenvalue weighted by atomic mass is 32.1. The Morgan fingerprint density at radius 1 is 1.10 bits per heavy atom. The Bertz CT molecular complexity index is 1320. The van der Waals surface area contributed by atoms with Gasteiger partial charge in [0.15, 0.2) is 5.13 Å². The first-order valence-electron chi connectivity index (χ1n) is 10.5. The highest BCUT2D eigenvalue weighted by Crippen LogP contribution is 2.29. The molecule has 0 saturated heterocycles. The molecule has 5 rings (SSSR count). The fraction of sp³-hybridized carbons (Fsp3) is 0.250. The zero-order chi connectivity index (χ0) is 21.2. The first kappa shape index (κ1) is 19.6. The van der Waals surface area contributed by atoms with Crippen LogP contribution >= 0.6 is 11.3 Å². The molecule has 0 spiro atoms. The summed E-state index contributed by atoms with van der Waals surface area (Å²) < 4.78 is 1.69. The second-order valence-electron chi connectivity index (χ2n) is 7.78. The van der Waals surface area contributed by atoms with Crippen molar-refractivity contribution in [1.29, 1.82) is 0 Å². The maximum absolute atomic E-state index is 12.5. The average molecular weight is 431 g/mol. The Morgan fingerprint density at radius 3 is 2.84 bits per heavy atom. The van der Waals surface area contributed by atoms with Crippen LogP contribution < -0.4 is 10.7 Å². The number of thiazole rings is 1. The summed E-state index contributed by atoms with van der Waals surface area (Å²) >= 11 is 1.43. The van der Waals surface area contributed by atoms with Crippen LogP contribution in [0.2, 0.25) is 0 Å². The average Bonchev–Trinajstić information content (AvgIpc) is 3.27. The molecule has 1 aliphatic carbocycles. The van der Waals surface area contributed by atoms with Crippen LogP contribution in [0.25, 0.3) is 22.2 Å². The molecular formula is C24H22N4O2S. The third kappa shape index (κ3) is 4.14. The van der Waals surface area contributed by atoms with Gasteiger partial charge < -0.3 is 5.32 Å². The smallest absolute Gasteiger partial charge is 0.228 e. The van der Waals surface area contributed by atoms with Crippen molar-refractivity contribution in [2.45, 2.75) is 38.6 Å². The van der Waals surface area contributed by atoms with Crippen LogP contribution in [-0.2, 0) is 24.2 Å². The molecule has 1 aliphatic rings. The van der Waals surface area contributed by atoms with Crippen LogP contribution in [0.4, 0.5) is 5.13 Å². The van der Waals surface area contributed by atoms with Crippen molar-refractivity contribution >= 4 is 33.3 Å². The Hall–Kier alpha value is -3.32. The van der Waals surface area contributed by atoms with E-state index in [4.69, 9.17) is 0 Å². The predicted molar refractivity (Wildman–Crippen MR) is 123 cm³/mol. The van der Waals surface area contributed by atoms with Crippen molar-refractivity contribution in [3.05, 3.63) is 75.4 Å². The molecular weight excluding hydrogens is 408 g/mol. The zero-order valence-corrected chi connectivity index (χ0v) is 17.8. The van der Waals surface area contributed by atoms with Gasteiger partial charge in [-0.1, -0.05) is 24.3 Å². The lowest BCUT2D eigenvalue weighted by Gasteiger charge is -2.16. The molecule has 6 nitrogen and oxygen atoms in total. The number of benzene rings is 2. The van der Waals surface area contributed by atoms with Gasteiger partial charge in [-0.15, -0.1) is 11.3 Å². The van der Waals surface area contributed by atoms with Gasteiger partial charge in [0.05, 0.1) is 24.0 Å². The number of rotatable bonds is 5. The van der Waals surface area contributed by atoms with Gasteiger partial charge in [0.25, 0.3) is 0 Å². The number of anilines is 1. The highest BCUT2D eigenvalue weighted by molar-refractivity contribution is 7.14. The van der Waals surface area contributed by atoms with Crippen LogP contribution in [0, 0.1) is 0 Å². The lowest BCUT2D eigenvalue weighted by molar-refractivity contribution is -0.116. The number of carbonyl (C=O) groups is 1. The third-order valence-corrected chi connectivity index (χ3v) is 6.47. The molecule has 1 amide bonds. The van der Waals surface area contributed by atoms with Crippen molar-refractivity contribution in [3.63, 3.8) is 0 Å². The maximum atomic E-state index is 12.5. The monoisotopic (exact) mass is 430 g/mol. The van der Waals surface area contributed by atoms with E-state index in [2.05, 4.69) is 33.6 Å². The van der Waals surface area contributed by atoms with Crippen LogP contribution in [0.3, 0.4) is 0 Å². The molecule has 7 heteroatoms. The predicted octanol–water partition coefficient (Wildman–Crippen LogP) is 4.43. The molecule has 156 valence electrons. The number of nitrogens with one attached hydrogen (secondary N) is 1. The number of para-hydroxylation sites is 1. The zero-order valence-electron chi connectivity index (χ0n) is 17.0. The summed E-state index contributed by atoms with van der Waals surface area (Å²) in [4.78, 5) is 29.0. The number of amides is 1. The van der Waals surface area contributed by atoms with Crippen LogP contribution in [0.15, 0.2) is 58.8 Å². The number of carbonyl (C=O) groups excluding carboxylic acids is 1. The molecule has 0 saturated carbocycles. The Balaban J connectivity index is 1.26. The van der Waals surface area contributed by atoms with Gasteiger partial charge in [-0.2, -0.15) is 5.10 Å². The lowest BCUT2D eigenvalue weighted by Crippen LogP contribution is -2.17. The van der Waals surface area contributed by atoms with Gasteiger partial charge in [-0.05, 0) is 55.0 Å². The number of aryl methyl sites for hydroxylation is 3. The normalized spacial score (nSPS) is 13.2. The van der Waals surface area contributed by atoms with E-state index >= 15 is 0 Å². The first-order chi connectivity index (χ1) is 15.2. The van der Waals surface area contributed by atoms with Crippen molar-refractivity contribution in [2.75, 3.05) is 5.32 Å². The third-order valence-electron chi connectivity index (χ3n) is 5.71. The van der Waals surface area contributed by atoms with Gasteiger partial charge in [0, 0.05) is 22.8 Å². The van der Waals surface area contributed by atoms with Crippen LogP contribution in [0.5, 0.6) is 0 Å². The molecule has 2 aromatic carbocycles. The van der Waals surface area contributed by atoms with Crippen molar-refractivity contribution in [2.24, 2.45) is 0 Å². The number of fused-ring (bicyclic) bond motifs is 2. The largest absolute Gasteiger partial charge is 0.302 e. The van der Waals surface area contributed by atoms with Gasteiger partial charge >= 0.3 is 0 Å². The molecule has 4 aromatic rings.